The molecule has 3 rings (SSSR count). The first-order valence-corrected chi connectivity index (χ1v) is 7.36. The van der Waals surface area contributed by atoms with Crippen LogP contribution in [0.5, 0.6) is 0 Å². The molecule has 3 heterocycles. The highest BCUT2D eigenvalue weighted by molar-refractivity contribution is 5.73. The minimum atomic E-state index is 0.183. The number of carbonyl (C=O) groups is 1. The van der Waals surface area contributed by atoms with Crippen LogP contribution in [0.25, 0.3) is 0 Å². The zero-order valence-corrected chi connectivity index (χ0v) is 12.3. The molecule has 3 aliphatic rings. The lowest BCUT2D eigenvalue weighted by atomic mass is 9.81. The summed E-state index contributed by atoms with van der Waals surface area (Å²) >= 11 is 0. The lowest BCUT2D eigenvalue weighted by Gasteiger charge is -2.64. The molecule has 3 aliphatic heterocycles. The second-order valence-electron chi connectivity index (χ2n) is 6.54. The first-order chi connectivity index (χ1) is 9.02. The van der Waals surface area contributed by atoms with Crippen molar-refractivity contribution in [2.45, 2.75) is 38.4 Å². The van der Waals surface area contributed by atoms with Gasteiger partial charge in [0.25, 0.3) is 0 Å². The highest BCUT2D eigenvalue weighted by atomic mass is 16.5. The van der Waals surface area contributed by atoms with E-state index in [1.807, 2.05) is 4.90 Å². The Balaban J connectivity index is 1.78. The van der Waals surface area contributed by atoms with Crippen LogP contribution in [0.15, 0.2) is 0 Å². The van der Waals surface area contributed by atoms with Gasteiger partial charge >= 0.3 is 0 Å². The number of fused-ring (bicyclic) bond motifs is 2. The molecular weight excluding hydrogens is 242 g/mol. The van der Waals surface area contributed by atoms with E-state index in [0.29, 0.717) is 12.1 Å². The van der Waals surface area contributed by atoms with Gasteiger partial charge in [-0.15, -0.1) is 0 Å². The maximum absolute atomic E-state index is 11.8. The predicted octanol–water partition coefficient (Wildman–Crippen LogP) is 0.0121. The molecular formula is C14H25N3O2. The Hall–Kier alpha value is -0.650. The van der Waals surface area contributed by atoms with Gasteiger partial charge in [-0.05, 0) is 13.8 Å². The molecule has 1 atom stereocenters. The van der Waals surface area contributed by atoms with E-state index in [4.69, 9.17) is 4.74 Å². The first kappa shape index (κ1) is 13.3. The molecule has 1 amide bonds. The number of hydrogen-bond acceptors (Lipinski definition) is 4. The van der Waals surface area contributed by atoms with Gasteiger partial charge < -0.3 is 9.64 Å². The normalized spacial score (nSPS) is 31.4. The molecule has 0 bridgehead atoms. The van der Waals surface area contributed by atoms with E-state index in [1.165, 1.54) is 0 Å². The molecule has 0 unspecified atom stereocenters. The third kappa shape index (κ3) is 2.18. The maximum Gasteiger partial charge on any atom is 0.219 e. The molecule has 3 saturated heterocycles. The second-order valence-corrected chi connectivity index (χ2v) is 6.54. The van der Waals surface area contributed by atoms with Gasteiger partial charge in [-0.2, -0.15) is 0 Å². The fourth-order valence-corrected chi connectivity index (χ4v) is 3.79. The van der Waals surface area contributed by atoms with Crippen molar-refractivity contribution < 1.29 is 9.53 Å². The SMILES string of the molecule is CC(=O)N1C[C@@H]2COCCN2C2(C1)CN(C(C)C)C2. The van der Waals surface area contributed by atoms with Crippen LogP contribution in [0.4, 0.5) is 0 Å². The van der Waals surface area contributed by atoms with Crippen LogP contribution >= 0.6 is 0 Å². The fraction of sp³-hybridized carbons (Fsp3) is 0.929. The number of nitrogens with zero attached hydrogens (tertiary/aromatic N) is 3. The first-order valence-electron chi connectivity index (χ1n) is 7.36. The van der Waals surface area contributed by atoms with Crippen LogP contribution in [-0.4, -0.2) is 84.2 Å². The summed E-state index contributed by atoms with van der Waals surface area (Å²) in [5.41, 5.74) is 0.183. The van der Waals surface area contributed by atoms with Crippen molar-refractivity contribution in [3.63, 3.8) is 0 Å². The number of rotatable bonds is 1. The van der Waals surface area contributed by atoms with Gasteiger partial charge in [-0.3, -0.25) is 14.6 Å². The number of hydrogen-bond donors (Lipinski definition) is 0. The Kier molecular flexibility index (Phi) is 3.31. The molecule has 3 fully saturated rings. The highest BCUT2D eigenvalue weighted by Crippen LogP contribution is 2.36. The maximum atomic E-state index is 11.8. The van der Waals surface area contributed by atoms with Crippen molar-refractivity contribution in [1.82, 2.24) is 14.7 Å². The summed E-state index contributed by atoms with van der Waals surface area (Å²) in [6.07, 6.45) is 0. The van der Waals surface area contributed by atoms with Gasteiger partial charge in [0.05, 0.1) is 24.8 Å². The van der Waals surface area contributed by atoms with Crippen LogP contribution in [0.2, 0.25) is 0 Å². The lowest BCUT2D eigenvalue weighted by Crippen LogP contribution is -2.81. The van der Waals surface area contributed by atoms with E-state index in [2.05, 4.69) is 23.6 Å². The quantitative estimate of drug-likeness (QED) is 0.671. The van der Waals surface area contributed by atoms with E-state index in [0.717, 1.165) is 45.9 Å². The number of amides is 1. The molecule has 0 aromatic rings. The summed E-state index contributed by atoms with van der Waals surface area (Å²) in [5, 5.41) is 0. The average molecular weight is 267 g/mol. The molecule has 0 radical (unpaired) electrons. The molecule has 0 aromatic heterocycles. The van der Waals surface area contributed by atoms with Crippen molar-refractivity contribution in [2.75, 3.05) is 45.9 Å². The lowest BCUT2D eigenvalue weighted by molar-refractivity contribution is -0.177. The zero-order valence-electron chi connectivity index (χ0n) is 12.3. The van der Waals surface area contributed by atoms with Crippen molar-refractivity contribution in [3.05, 3.63) is 0 Å². The molecule has 0 saturated carbocycles. The van der Waals surface area contributed by atoms with Gasteiger partial charge in [0.2, 0.25) is 5.91 Å². The van der Waals surface area contributed by atoms with E-state index in [1.54, 1.807) is 6.92 Å². The zero-order chi connectivity index (χ0) is 13.6. The molecule has 5 nitrogen and oxygen atoms in total. The summed E-state index contributed by atoms with van der Waals surface area (Å²) in [5.74, 6) is 0.201. The van der Waals surface area contributed by atoms with Crippen LogP contribution in [0, 0.1) is 0 Å². The highest BCUT2D eigenvalue weighted by Gasteiger charge is 2.54. The van der Waals surface area contributed by atoms with E-state index in [9.17, 15) is 4.79 Å². The van der Waals surface area contributed by atoms with E-state index < -0.39 is 0 Å². The van der Waals surface area contributed by atoms with Crippen LogP contribution in [-0.2, 0) is 9.53 Å². The number of likely N-dealkylation sites (tertiary alicyclic amines) is 1. The molecule has 19 heavy (non-hydrogen) atoms. The van der Waals surface area contributed by atoms with E-state index in [-0.39, 0.29) is 11.4 Å². The van der Waals surface area contributed by atoms with Crippen LogP contribution < -0.4 is 0 Å². The molecule has 108 valence electrons. The van der Waals surface area contributed by atoms with E-state index >= 15 is 0 Å². The fourth-order valence-electron chi connectivity index (χ4n) is 3.79. The number of carbonyl (C=O) groups excluding carboxylic acids is 1. The Morgan fingerprint density at radius 3 is 2.68 bits per heavy atom. The Morgan fingerprint density at radius 1 is 1.32 bits per heavy atom. The Labute approximate surface area is 115 Å². The summed E-state index contributed by atoms with van der Waals surface area (Å²) in [4.78, 5) is 18.9. The molecule has 0 N–H and O–H groups in total. The number of morpholine rings is 1. The minimum Gasteiger partial charge on any atom is -0.378 e. The standard InChI is InChI=1S/C14H25N3O2/c1-11(2)16-9-14(10-16)8-15(12(3)18)6-13-7-19-5-4-17(13)14/h11,13H,4-10H2,1-3H3/t13-/m1/s1. The van der Waals surface area contributed by atoms with Crippen molar-refractivity contribution in [3.8, 4) is 0 Å². The monoisotopic (exact) mass is 267 g/mol. The number of ether oxygens (including phenoxy) is 1. The van der Waals surface area contributed by atoms with Gasteiger partial charge in [-0.25, -0.2) is 0 Å². The summed E-state index contributed by atoms with van der Waals surface area (Å²) < 4.78 is 5.61. The Bertz CT molecular complexity index is 366. The molecule has 0 aliphatic carbocycles. The van der Waals surface area contributed by atoms with Crippen molar-refractivity contribution >= 4 is 5.91 Å². The smallest absolute Gasteiger partial charge is 0.219 e. The summed E-state index contributed by atoms with van der Waals surface area (Å²) in [6, 6.07) is 0.985. The molecule has 5 heteroatoms. The van der Waals surface area contributed by atoms with Gasteiger partial charge in [0, 0.05) is 45.7 Å². The molecule has 1 spiro atoms. The van der Waals surface area contributed by atoms with Crippen molar-refractivity contribution in [1.29, 1.82) is 0 Å². The third-order valence-corrected chi connectivity index (χ3v) is 4.92. The van der Waals surface area contributed by atoms with Crippen LogP contribution in [0.3, 0.4) is 0 Å². The predicted molar refractivity (Wildman–Crippen MR) is 73.0 cm³/mol. The molecule has 0 aromatic carbocycles. The average Bonchev–Trinajstić information content (AvgIpc) is 2.34. The summed E-state index contributed by atoms with van der Waals surface area (Å²) in [6.45, 7) is 12.7. The summed E-state index contributed by atoms with van der Waals surface area (Å²) in [7, 11) is 0. The van der Waals surface area contributed by atoms with Crippen molar-refractivity contribution in [2.24, 2.45) is 0 Å². The Morgan fingerprint density at radius 2 is 2.05 bits per heavy atom. The van der Waals surface area contributed by atoms with Gasteiger partial charge in [0.15, 0.2) is 0 Å². The van der Waals surface area contributed by atoms with Gasteiger partial charge in [0.1, 0.15) is 0 Å². The number of piperazine rings is 1. The van der Waals surface area contributed by atoms with Gasteiger partial charge in [-0.1, -0.05) is 0 Å². The third-order valence-electron chi connectivity index (χ3n) is 4.92. The topological polar surface area (TPSA) is 36.0 Å². The largest absolute Gasteiger partial charge is 0.378 e. The second kappa shape index (κ2) is 4.72. The minimum absolute atomic E-state index is 0.183. The van der Waals surface area contributed by atoms with Crippen LogP contribution in [0.1, 0.15) is 20.8 Å².